The van der Waals surface area contributed by atoms with Gasteiger partial charge in [-0.25, -0.2) is 0 Å². The minimum Gasteiger partial charge on any atom is -0.184 e. The second kappa shape index (κ2) is 3.46. The van der Waals surface area contributed by atoms with Gasteiger partial charge in [0.15, 0.2) is 0 Å². The first-order valence-electron chi connectivity index (χ1n) is 2.53. The minimum absolute atomic E-state index is 1.75. The topological polar surface area (TPSA) is 12.5 Å². The lowest BCUT2D eigenvalue weighted by Crippen LogP contribution is -2.50. The molecule has 0 aromatic heterocycles. The number of hydrogen-bond acceptors (Lipinski definition) is 2. The largest absolute Gasteiger partial charge is 0.539 e. The van der Waals surface area contributed by atoms with Crippen molar-refractivity contribution in [2.45, 2.75) is 19.0 Å². The molecule has 0 bridgehead atoms. The molecule has 0 spiro atoms. The summed E-state index contributed by atoms with van der Waals surface area (Å²) in [4.78, 5) is 1.75. The van der Waals surface area contributed by atoms with E-state index in [-0.39, 0.29) is 0 Å². The van der Waals surface area contributed by atoms with Gasteiger partial charge in [0.1, 0.15) is 0 Å². The molecule has 0 unspecified atom stereocenters. The fourth-order valence-electron chi connectivity index (χ4n) is 0.351. The first-order chi connectivity index (χ1) is 5.84. The van der Waals surface area contributed by atoms with E-state index in [1.165, 1.54) is 0 Å². The number of halogens is 9. The molecule has 0 amide bonds. The average Bonchev–Trinajstić information content (AvgIpc) is 1.75. The van der Waals surface area contributed by atoms with Crippen LogP contribution in [0.1, 0.15) is 0 Å². The van der Waals surface area contributed by atoms with Gasteiger partial charge in [-0.1, -0.05) is 0 Å². The van der Waals surface area contributed by atoms with Gasteiger partial charge in [-0.3, -0.25) is 0 Å². The second-order valence-corrected chi connectivity index (χ2v) is 1.77. The van der Waals surface area contributed by atoms with E-state index < -0.39 is 24.0 Å². The van der Waals surface area contributed by atoms with Gasteiger partial charge in [-0.05, 0) is 0 Å². The molecule has 0 fully saturated rings. The molecule has 0 aliphatic rings. The van der Waals surface area contributed by atoms with E-state index in [4.69, 9.17) is 0 Å². The number of hydrogen-bond donors (Lipinski definition) is 0. The molecule has 0 aliphatic carbocycles. The Hall–Kier alpha value is -0.710. The van der Waals surface area contributed by atoms with Crippen LogP contribution in [0.2, 0.25) is 0 Å². The lowest BCUT2D eigenvalue weighted by atomic mass is 10.9. The molecule has 0 heterocycles. The Kier molecular flexibility index (Phi) is 3.28. The highest BCUT2D eigenvalue weighted by molar-refractivity contribution is 4.51. The number of hydroxylamine groups is 2. The van der Waals surface area contributed by atoms with E-state index in [2.05, 4.69) is 0 Å². The third kappa shape index (κ3) is 4.50. The number of rotatable bonds is 1. The molecule has 0 atom stereocenters. The summed E-state index contributed by atoms with van der Waals surface area (Å²) in [6, 6.07) is 0. The SMILES string of the molecule is FC(F)(F)ON(C(F)(F)F)C(F)(F)F. The van der Waals surface area contributed by atoms with Crippen molar-refractivity contribution < 1.29 is 44.4 Å². The van der Waals surface area contributed by atoms with Crippen molar-refractivity contribution in [3.63, 3.8) is 0 Å². The summed E-state index contributed by atoms with van der Waals surface area (Å²) in [6.45, 7) is 0. The molecular weight excluding hydrogens is 237 g/mol. The maximum absolute atomic E-state index is 11.3. The van der Waals surface area contributed by atoms with Crippen molar-refractivity contribution in [3.8, 4) is 0 Å². The fraction of sp³-hybridized carbons (Fsp3) is 1.00. The smallest absolute Gasteiger partial charge is 0.184 e. The zero-order valence-corrected chi connectivity index (χ0v) is 5.76. The summed E-state index contributed by atoms with van der Waals surface area (Å²) in [5.74, 6) is 0. The maximum Gasteiger partial charge on any atom is 0.539 e. The molecule has 0 aromatic rings. The Morgan fingerprint density at radius 3 is 1.00 bits per heavy atom. The van der Waals surface area contributed by atoms with Crippen molar-refractivity contribution >= 4 is 0 Å². The molecule has 0 radical (unpaired) electrons. The van der Waals surface area contributed by atoms with E-state index in [9.17, 15) is 39.5 Å². The van der Waals surface area contributed by atoms with Gasteiger partial charge >= 0.3 is 19.0 Å². The highest BCUT2D eigenvalue weighted by atomic mass is 19.4. The summed E-state index contributed by atoms with van der Waals surface area (Å²) in [5, 5.41) is -3.04. The standard InChI is InChI=1S/C3F9NO/c4-1(5,6)13(2(7,8)9)14-3(10,11)12. The zero-order chi connectivity index (χ0) is 11.8. The van der Waals surface area contributed by atoms with Crippen LogP contribution in [0.3, 0.4) is 0 Å². The highest BCUT2D eigenvalue weighted by Gasteiger charge is 2.60. The van der Waals surface area contributed by atoms with Crippen LogP contribution in [-0.4, -0.2) is 24.0 Å². The normalized spacial score (nSPS) is 15.0. The number of nitrogens with zero attached hydrogens (tertiary/aromatic N) is 1. The predicted octanol–water partition coefficient (Wildman–Crippen LogP) is 2.78. The zero-order valence-electron chi connectivity index (χ0n) is 5.76. The monoisotopic (exact) mass is 237 g/mol. The van der Waals surface area contributed by atoms with Crippen molar-refractivity contribution in [1.29, 1.82) is 0 Å². The van der Waals surface area contributed by atoms with Crippen LogP contribution in [0.25, 0.3) is 0 Å². The first kappa shape index (κ1) is 13.3. The third-order valence-corrected chi connectivity index (χ3v) is 0.655. The Morgan fingerprint density at radius 2 is 0.929 bits per heavy atom. The average molecular weight is 237 g/mol. The van der Waals surface area contributed by atoms with E-state index in [0.29, 0.717) is 0 Å². The molecule has 0 aromatic carbocycles. The molecule has 2 nitrogen and oxygen atoms in total. The molecule has 0 rings (SSSR count). The minimum atomic E-state index is -6.33. The lowest BCUT2D eigenvalue weighted by molar-refractivity contribution is -0.552. The van der Waals surface area contributed by atoms with Gasteiger partial charge in [0.2, 0.25) is 0 Å². The predicted molar refractivity (Wildman–Crippen MR) is 21.1 cm³/mol. The summed E-state index contributed by atoms with van der Waals surface area (Å²) in [7, 11) is 0. The first-order valence-corrected chi connectivity index (χ1v) is 2.53. The van der Waals surface area contributed by atoms with E-state index in [1.54, 1.807) is 4.84 Å². The van der Waals surface area contributed by atoms with Gasteiger partial charge in [-0.15, -0.1) is 13.2 Å². The summed E-state index contributed by atoms with van der Waals surface area (Å²) in [5.41, 5.74) is 0. The van der Waals surface area contributed by atoms with Gasteiger partial charge < -0.3 is 0 Å². The van der Waals surface area contributed by atoms with Crippen LogP contribution in [0, 0.1) is 0 Å². The van der Waals surface area contributed by atoms with Crippen LogP contribution < -0.4 is 0 Å². The highest BCUT2D eigenvalue weighted by Crippen LogP contribution is 2.36. The Bertz CT molecular complexity index is 174. The van der Waals surface area contributed by atoms with Crippen molar-refractivity contribution in [1.82, 2.24) is 5.06 Å². The summed E-state index contributed by atoms with van der Waals surface area (Å²) >= 11 is 0. The summed E-state index contributed by atoms with van der Waals surface area (Å²) < 4.78 is 101. The Morgan fingerprint density at radius 1 is 0.643 bits per heavy atom. The Labute approximate surface area is 69.8 Å². The lowest BCUT2D eigenvalue weighted by Gasteiger charge is -2.25. The quantitative estimate of drug-likeness (QED) is 0.395. The molecule has 86 valence electrons. The van der Waals surface area contributed by atoms with Gasteiger partial charge in [-0.2, -0.15) is 31.2 Å². The van der Waals surface area contributed by atoms with Crippen LogP contribution in [0.5, 0.6) is 0 Å². The fourth-order valence-corrected chi connectivity index (χ4v) is 0.351. The maximum atomic E-state index is 11.3. The summed E-state index contributed by atoms with van der Waals surface area (Å²) in [6.07, 6.45) is -18.7. The van der Waals surface area contributed by atoms with Crippen LogP contribution in [0.4, 0.5) is 39.5 Å². The molecule has 11 heteroatoms. The van der Waals surface area contributed by atoms with Crippen molar-refractivity contribution in [2.75, 3.05) is 0 Å². The molecular formula is C3F9NO. The van der Waals surface area contributed by atoms with Crippen LogP contribution in [-0.2, 0) is 4.84 Å². The van der Waals surface area contributed by atoms with Crippen molar-refractivity contribution in [3.05, 3.63) is 0 Å². The van der Waals surface area contributed by atoms with Gasteiger partial charge in [0, 0.05) is 5.06 Å². The van der Waals surface area contributed by atoms with Crippen molar-refractivity contribution in [2.24, 2.45) is 0 Å². The molecule has 0 aliphatic heterocycles. The van der Waals surface area contributed by atoms with E-state index in [0.717, 1.165) is 0 Å². The Balaban J connectivity index is 4.78. The second-order valence-electron chi connectivity index (χ2n) is 1.77. The molecule has 0 saturated carbocycles. The molecule has 0 N–H and O–H groups in total. The van der Waals surface area contributed by atoms with Gasteiger partial charge in [0.05, 0.1) is 0 Å². The molecule has 14 heavy (non-hydrogen) atoms. The van der Waals surface area contributed by atoms with E-state index in [1.807, 2.05) is 0 Å². The van der Waals surface area contributed by atoms with E-state index >= 15 is 0 Å². The van der Waals surface area contributed by atoms with Crippen LogP contribution in [0.15, 0.2) is 0 Å². The van der Waals surface area contributed by atoms with Gasteiger partial charge in [0.25, 0.3) is 0 Å². The molecule has 0 saturated heterocycles. The van der Waals surface area contributed by atoms with Crippen LogP contribution >= 0.6 is 0 Å². The number of alkyl halides is 9. The third-order valence-electron chi connectivity index (χ3n) is 0.655.